The first-order chi connectivity index (χ1) is 8.38. The highest BCUT2D eigenvalue weighted by molar-refractivity contribution is 5.83. The molecule has 2 aliphatic carbocycles. The lowest BCUT2D eigenvalue weighted by Gasteiger charge is -2.33. The van der Waals surface area contributed by atoms with Crippen LogP contribution in [-0.2, 0) is 4.79 Å². The van der Waals surface area contributed by atoms with E-state index in [1.165, 1.54) is 38.8 Å². The number of nitrogens with two attached hydrogens (primary N) is 2. The molecule has 0 radical (unpaired) electrons. The van der Waals surface area contributed by atoms with Gasteiger partial charge in [0, 0.05) is 19.1 Å². The molecule has 4 nitrogen and oxygen atoms in total. The number of carbonyl (C=O) groups is 1. The fourth-order valence-electron chi connectivity index (χ4n) is 2.54. The van der Waals surface area contributed by atoms with E-state index in [4.69, 9.17) is 11.5 Å². The van der Waals surface area contributed by atoms with Crippen molar-refractivity contribution in [2.75, 3.05) is 13.1 Å². The number of primary amides is 1. The van der Waals surface area contributed by atoms with Crippen molar-refractivity contribution in [3.63, 3.8) is 0 Å². The van der Waals surface area contributed by atoms with Crippen LogP contribution < -0.4 is 11.5 Å². The van der Waals surface area contributed by atoms with Gasteiger partial charge in [0.25, 0.3) is 0 Å². The molecule has 4 heteroatoms. The molecule has 2 aliphatic rings. The quantitative estimate of drug-likeness (QED) is 0.680. The maximum Gasteiger partial charge on any atom is 0.237 e. The lowest BCUT2D eigenvalue weighted by molar-refractivity contribution is -0.123. The summed E-state index contributed by atoms with van der Waals surface area (Å²) < 4.78 is 0. The number of carbonyl (C=O) groups excluding carboxylic acids is 1. The highest BCUT2D eigenvalue weighted by Crippen LogP contribution is 2.35. The Bertz CT molecular complexity index is 294. The van der Waals surface area contributed by atoms with Gasteiger partial charge in [0.15, 0.2) is 0 Å². The SMILES string of the molecule is CC(CC(C)(N)C(N)=O)N(CC1CC1)CC1CC1. The van der Waals surface area contributed by atoms with Gasteiger partial charge in [-0.15, -0.1) is 0 Å². The third-order valence-electron chi connectivity index (χ3n) is 4.28. The van der Waals surface area contributed by atoms with Gasteiger partial charge >= 0.3 is 0 Å². The molecule has 0 saturated heterocycles. The van der Waals surface area contributed by atoms with Gasteiger partial charge in [-0.1, -0.05) is 0 Å². The van der Waals surface area contributed by atoms with E-state index < -0.39 is 11.4 Å². The molecule has 0 aromatic rings. The van der Waals surface area contributed by atoms with E-state index in [2.05, 4.69) is 11.8 Å². The second kappa shape index (κ2) is 5.17. The molecule has 2 saturated carbocycles. The maximum atomic E-state index is 11.3. The first kappa shape index (κ1) is 13.8. The molecule has 2 fully saturated rings. The Morgan fingerprint density at radius 3 is 2.06 bits per heavy atom. The molecule has 2 unspecified atom stereocenters. The van der Waals surface area contributed by atoms with Gasteiger partial charge in [0.05, 0.1) is 5.54 Å². The van der Waals surface area contributed by atoms with E-state index in [1.54, 1.807) is 6.92 Å². The number of amides is 1. The van der Waals surface area contributed by atoms with Crippen molar-refractivity contribution < 1.29 is 4.79 Å². The van der Waals surface area contributed by atoms with Crippen LogP contribution in [0, 0.1) is 11.8 Å². The Morgan fingerprint density at radius 1 is 1.28 bits per heavy atom. The van der Waals surface area contributed by atoms with Crippen molar-refractivity contribution in [2.45, 2.75) is 57.5 Å². The Balaban J connectivity index is 1.88. The van der Waals surface area contributed by atoms with Crippen molar-refractivity contribution in [1.82, 2.24) is 4.90 Å². The third-order valence-corrected chi connectivity index (χ3v) is 4.28. The van der Waals surface area contributed by atoms with Crippen LogP contribution in [0.3, 0.4) is 0 Å². The zero-order valence-electron chi connectivity index (χ0n) is 11.7. The van der Waals surface area contributed by atoms with E-state index >= 15 is 0 Å². The second-order valence-electron chi connectivity index (χ2n) is 6.68. The maximum absolute atomic E-state index is 11.3. The molecule has 1 amide bonds. The van der Waals surface area contributed by atoms with Crippen LogP contribution in [0.25, 0.3) is 0 Å². The largest absolute Gasteiger partial charge is 0.368 e. The van der Waals surface area contributed by atoms with Crippen LogP contribution in [0.2, 0.25) is 0 Å². The van der Waals surface area contributed by atoms with Crippen molar-refractivity contribution in [3.8, 4) is 0 Å². The van der Waals surface area contributed by atoms with E-state index in [9.17, 15) is 4.79 Å². The van der Waals surface area contributed by atoms with Crippen LogP contribution in [0.15, 0.2) is 0 Å². The van der Waals surface area contributed by atoms with E-state index in [0.717, 1.165) is 11.8 Å². The van der Waals surface area contributed by atoms with Gasteiger partial charge in [0.2, 0.25) is 5.91 Å². The molecule has 104 valence electrons. The summed E-state index contributed by atoms with van der Waals surface area (Å²) in [5.74, 6) is 1.36. The monoisotopic (exact) mass is 253 g/mol. The molecule has 4 N–H and O–H groups in total. The van der Waals surface area contributed by atoms with Gasteiger partial charge in [-0.25, -0.2) is 0 Å². The smallest absolute Gasteiger partial charge is 0.237 e. The van der Waals surface area contributed by atoms with Crippen LogP contribution in [-0.4, -0.2) is 35.5 Å². The Morgan fingerprint density at radius 2 is 1.72 bits per heavy atom. The number of hydrogen-bond donors (Lipinski definition) is 2. The lowest BCUT2D eigenvalue weighted by Crippen LogP contribution is -2.53. The summed E-state index contributed by atoms with van der Waals surface area (Å²) in [5.41, 5.74) is 10.5. The first-order valence-corrected chi connectivity index (χ1v) is 7.21. The minimum atomic E-state index is -0.884. The topological polar surface area (TPSA) is 72.3 Å². The van der Waals surface area contributed by atoms with Crippen LogP contribution in [0.4, 0.5) is 0 Å². The van der Waals surface area contributed by atoms with Gasteiger partial charge in [0.1, 0.15) is 0 Å². The Labute approximate surface area is 110 Å². The standard InChI is InChI=1S/C14H27N3O/c1-10(7-14(2,16)13(15)18)17(8-11-3-4-11)9-12-5-6-12/h10-12H,3-9,16H2,1-2H3,(H2,15,18). The molecule has 0 aromatic carbocycles. The highest BCUT2D eigenvalue weighted by atomic mass is 16.1. The fourth-order valence-corrected chi connectivity index (χ4v) is 2.54. The average molecular weight is 253 g/mol. The second-order valence-corrected chi connectivity index (χ2v) is 6.68. The van der Waals surface area contributed by atoms with Crippen LogP contribution in [0.1, 0.15) is 46.0 Å². The highest BCUT2D eigenvalue weighted by Gasteiger charge is 2.35. The zero-order valence-corrected chi connectivity index (χ0v) is 11.7. The summed E-state index contributed by atoms with van der Waals surface area (Å²) in [4.78, 5) is 13.9. The predicted molar refractivity (Wildman–Crippen MR) is 72.9 cm³/mol. The molecule has 0 spiro atoms. The molecular weight excluding hydrogens is 226 g/mol. The van der Waals surface area contributed by atoms with Gasteiger partial charge in [-0.2, -0.15) is 0 Å². The number of rotatable bonds is 8. The summed E-state index contributed by atoms with van der Waals surface area (Å²) in [6.07, 6.45) is 6.11. The zero-order chi connectivity index (χ0) is 13.3. The van der Waals surface area contributed by atoms with Crippen molar-refractivity contribution in [1.29, 1.82) is 0 Å². The van der Waals surface area contributed by atoms with E-state index in [-0.39, 0.29) is 0 Å². The Hall–Kier alpha value is -0.610. The molecule has 0 aromatic heterocycles. The number of hydrogen-bond acceptors (Lipinski definition) is 3. The fraction of sp³-hybridized carbons (Fsp3) is 0.929. The predicted octanol–water partition coefficient (Wildman–Crippen LogP) is 1.09. The molecule has 2 atom stereocenters. The molecular formula is C14H27N3O. The van der Waals surface area contributed by atoms with Gasteiger partial charge in [-0.3, -0.25) is 4.79 Å². The van der Waals surface area contributed by atoms with Crippen LogP contribution >= 0.6 is 0 Å². The van der Waals surface area contributed by atoms with E-state index in [0.29, 0.717) is 12.5 Å². The summed E-state index contributed by atoms with van der Waals surface area (Å²) in [6, 6.07) is 0.341. The minimum Gasteiger partial charge on any atom is -0.368 e. The summed E-state index contributed by atoms with van der Waals surface area (Å²) >= 11 is 0. The molecule has 2 rings (SSSR count). The minimum absolute atomic E-state index is 0.341. The summed E-state index contributed by atoms with van der Waals surface area (Å²) in [7, 11) is 0. The van der Waals surface area contributed by atoms with E-state index in [1.807, 2.05) is 0 Å². The molecule has 0 bridgehead atoms. The third kappa shape index (κ3) is 3.95. The van der Waals surface area contributed by atoms with Gasteiger partial charge in [-0.05, 0) is 57.8 Å². The molecule has 18 heavy (non-hydrogen) atoms. The van der Waals surface area contributed by atoms with Crippen molar-refractivity contribution >= 4 is 5.91 Å². The average Bonchev–Trinajstić information content (AvgIpc) is 3.09. The van der Waals surface area contributed by atoms with Crippen molar-refractivity contribution in [3.05, 3.63) is 0 Å². The Kier molecular flexibility index (Phi) is 3.97. The van der Waals surface area contributed by atoms with Crippen LogP contribution in [0.5, 0.6) is 0 Å². The normalized spacial score (nSPS) is 24.9. The molecule has 0 aliphatic heterocycles. The summed E-state index contributed by atoms with van der Waals surface area (Å²) in [5, 5.41) is 0. The first-order valence-electron chi connectivity index (χ1n) is 7.21. The summed E-state index contributed by atoms with van der Waals surface area (Å²) in [6.45, 7) is 6.27. The lowest BCUT2D eigenvalue weighted by atomic mass is 9.93. The van der Waals surface area contributed by atoms with Gasteiger partial charge < -0.3 is 16.4 Å². The number of nitrogens with zero attached hydrogens (tertiary/aromatic N) is 1. The molecule has 0 heterocycles. The van der Waals surface area contributed by atoms with Crippen molar-refractivity contribution in [2.24, 2.45) is 23.3 Å².